The Labute approximate surface area is 170 Å². The zero-order chi connectivity index (χ0) is 21.6. The maximum absolute atomic E-state index is 12.6. The molecule has 0 unspecified atom stereocenters. The van der Waals surface area contributed by atoms with Gasteiger partial charge in [-0.1, -0.05) is 26.0 Å². The molecule has 0 saturated heterocycles. The SMILES string of the molecule is C=CC[C@H](NC(=O)O)c1cc(-c2c(NC(=O)[C@H](C=C)C(C)C)cnn2C)ccn1. The van der Waals surface area contributed by atoms with Gasteiger partial charge in [0.05, 0.1) is 35.2 Å². The molecule has 2 amide bonds. The van der Waals surface area contributed by atoms with Crippen molar-refractivity contribution in [3.05, 3.63) is 55.5 Å². The summed E-state index contributed by atoms with van der Waals surface area (Å²) in [7, 11) is 1.77. The number of carbonyl (C=O) groups is 2. The van der Waals surface area contributed by atoms with Crippen LogP contribution in [0.3, 0.4) is 0 Å². The van der Waals surface area contributed by atoms with Crippen LogP contribution in [0.25, 0.3) is 11.3 Å². The third-order valence-corrected chi connectivity index (χ3v) is 4.58. The zero-order valence-corrected chi connectivity index (χ0v) is 16.9. The lowest BCUT2D eigenvalue weighted by molar-refractivity contribution is -0.119. The molecule has 2 heterocycles. The highest BCUT2D eigenvalue weighted by atomic mass is 16.4. The van der Waals surface area contributed by atoms with Crippen LogP contribution in [0.2, 0.25) is 0 Å². The molecule has 0 saturated carbocycles. The van der Waals surface area contributed by atoms with E-state index in [0.717, 1.165) is 5.56 Å². The second-order valence-corrected chi connectivity index (χ2v) is 7.02. The molecule has 2 atom stereocenters. The Morgan fingerprint density at radius 1 is 1.34 bits per heavy atom. The lowest BCUT2D eigenvalue weighted by Gasteiger charge is -2.17. The number of carboxylic acid groups (broad SMARTS) is 1. The van der Waals surface area contributed by atoms with Crippen LogP contribution in [0.1, 0.15) is 32.0 Å². The highest BCUT2D eigenvalue weighted by Gasteiger charge is 2.22. The van der Waals surface area contributed by atoms with E-state index in [1.54, 1.807) is 48.4 Å². The number of nitrogens with zero attached hydrogens (tertiary/aromatic N) is 3. The van der Waals surface area contributed by atoms with Crippen LogP contribution < -0.4 is 10.6 Å². The molecule has 8 heteroatoms. The van der Waals surface area contributed by atoms with Gasteiger partial charge < -0.3 is 15.7 Å². The minimum absolute atomic E-state index is 0.113. The number of hydrogen-bond donors (Lipinski definition) is 3. The number of rotatable bonds is 9. The van der Waals surface area contributed by atoms with Crippen molar-refractivity contribution in [3.8, 4) is 11.3 Å². The van der Waals surface area contributed by atoms with Gasteiger partial charge in [-0.15, -0.1) is 13.2 Å². The predicted molar refractivity (Wildman–Crippen MR) is 112 cm³/mol. The monoisotopic (exact) mass is 397 g/mol. The maximum Gasteiger partial charge on any atom is 0.405 e. The number of amides is 2. The van der Waals surface area contributed by atoms with Gasteiger partial charge in [-0.25, -0.2) is 4.79 Å². The van der Waals surface area contributed by atoms with Crippen molar-refractivity contribution in [3.63, 3.8) is 0 Å². The van der Waals surface area contributed by atoms with E-state index in [9.17, 15) is 9.59 Å². The van der Waals surface area contributed by atoms with Gasteiger partial charge in [0.15, 0.2) is 0 Å². The standard InChI is InChI=1S/C21H27N5O3/c1-6-8-16(25-21(28)29)17-11-14(9-10-22-17)19-18(12-23-26(19)5)24-20(27)15(7-2)13(3)4/h6-7,9-13,15-16,25H,1-2,8H2,3-5H3,(H,24,27)(H,28,29)/t15-,16+/m1/s1. The first kappa shape index (κ1) is 21.9. The third kappa shape index (κ3) is 5.31. The second-order valence-electron chi connectivity index (χ2n) is 7.02. The molecule has 2 rings (SSSR count). The summed E-state index contributed by atoms with van der Waals surface area (Å²) < 4.78 is 1.65. The molecule has 0 radical (unpaired) electrons. The summed E-state index contributed by atoms with van der Waals surface area (Å²) in [4.78, 5) is 28.0. The maximum atomic E-state index is 12.6. The molecule has 29 heavy (non-hydrogen) atoms. The smallest absolute Gasteiger partial charge is 0.405 e. The van der Waals surface area contributed by atoms with E-state index in [2.05, 4.69) is 33.9 Å². The lowest BCUT2D eigenvalue weighted by Crippen LogP contribution is -2.27. The number of carbonyl (C=O) groups excluding carboxylic acids is 1. The molecule has 3 N–H and O–H groups in total. The average molecular weight is 397 g/mol. The molecule has 0 aliphatic heterocycles. The number of nitrogens with one attached hydrogen (secondary N) is 2. The van der Waals surface area contributed by atoms with Crippen LogP contribution in [-0.4, -0.2) is 31.9 Å². The van der Waals surface area contributed by atoms with Gasteiger partial charge in [-0.2, -0.15) is 5.10 Å². The average Bonchev–Trinajstić information content (AvgIpc) is 3.01. The van der Waals surface area contributed by atoms with Crippen molar-refractivity contribution < 1.29 is 14.7 Å². The Morgan fingerprint density at radius 2 is 2.07 bits per heavy atom. The van der Waals surface area contributed by atoms with Crippen molar-refractivity contribution >= 4 is 17.7 Å². The van der Waals surface area contributed by atoms with E-state index < -0.39 is 12.1 Å². The van der Waals surface area contributed by atoms with Crippen LogP contribution >= 0.6 is 0 Å². The molecule has 0 spiro atoms. The van der Waals surface area contributed by atoms with Gasteiger partial charge in [0, 0.05) is 18.8 Å². The highest BCUT2D eigenvalue weighted by Crippen LogP contribution is 2.30. The van der Waals surface area contributed by atoms with E-state index in [1.165, 1.54) is 0 Å². The second kappa shape index (κ2) is 9.68. The summed E-state index contributed by atoms with van der Waals surface area (Å²) in [6, 6.07) is 3.04. The molecule has 2 aromatic heterocycles. The van der Waals surface area contributed by atoms with E-state index in [4.69, 9.17) is 5.11 Å². The summed E-state index contributed by atoms with van der Waals surface area (Å²) in [5.41, 5.74) is 2.57. The van der Waals surface area contributed by atoms with Crippen LogP contribution in [0.15, 0.2) is 49.8 Å². The molecule has 8 nitrogen and oxygen atoms in total. The first-order valence-electron chi connectivity index (χ1n) is 9.30. The van der Waals surface area contributed by atoms with E-state index in [0.29, 0.717) is 23.5 Å². The number of pyridine rings is 1. The fraction of sp³-hybridized carbons (Fsp3) is 0.333. The Bertz CT molecular complexity index is 903. The largest absolute Gasteiger partial charge is 0.465 e. The summed E-state index contributed by atoms with van der Waals surface area (Å²) in [5.74, 6) is -0.370. The van der Waals surface area contributed by atoms with Gasteiger partial charge in [0.25, 0.3) is 0 Å². The molecular formula is C21H27N5O3. The molecule has 154 valence electrons. The highest BCUT2D eigenvalue weighted by molar-refractivity contribution is 5.97. The summed E-state index contributed by atoms with van der Waals surface area (Å²) >= 11 is 0. The van der Waals surface area contributed by atoms with Crippen LogP contribution in [0.5, 0.6) is 0 Å². The summed E-state index contributed by atoms with van der Waals surface area (Å²) in [5, 5.41) is 18.7. The topological polar surface area (TPSA) is 109 Å². The van der Waals surface area contributed by atoms with Crippen LogP contribution in [-0.2, 0) is 11.8 Å². The molecule has 0 aliphatic rings. The predicted octanol–water partition coefficient (Wildman–Crippen LogP) is 3.76. The summed E-state index contributed by atoms with van der Waals surface area (Å²) in [6.07, 6.45) is 5.72. The fourth-order valence-corrected chi connectivity index (χ4v) is 3.12. The van der Waals surface area contributed by atoms with E-state index in [1.807, 2.05) is 13.8 Å². The van der Waals surface area contributed by atoms with Crippen molar-refractivity contribution in [1.29, 1.82) is 0 Å². The van der Waals surface area contributed by atoms with Crippen molar-refractivity contribution in [2.45, 2.75) is 26.3 Å². The van der Waals surface area contributed by atoms with E-state index in [-0.39, 0.29) is 17.7 Å². The number of aryl methyl sites for hydroxylation is 1. The molecule has 0 aliphatic carbocycles. The van der Waals surface area contributed by atoms with Gasteiger partial charge >= 0.3 is 6.09 Å². The fourth-order valence-electron chi connectivity index (χ4n) is 3.12. The van der Waals surface area contributed by atoms with Gasteiger partial charge in [-0.05, 0) is 24.5 Å². The van der Waals surface area contributed by atoms with Crippen molar-refractivity contribution in [1.82, 2.24) is 20.1 Å². The third-order valence-electron chi connectivity index (χ3n) is 4.58. The Hall–Kier alpha value is -3.42. The Morgan fingerprint density at radius 3 is 2.66 bits per heavy atom. The molecule has 0 bridgehead atoms. The van der Waals surface area contributed by atoms with Crippen LogP contribution in [0, 0.1) is 11.8 Å². The van der Waals surface area contributed by atoms with Gasteiger partial charge in [0.1, 0.15) is 0 Å². The molecular weight excluding hydrogens is 370 g/mol. The molecule has 0 aromatic carbocycles. The quantitative estimate of drug-likeness (QED) is 0.558. The first-order chi connectivity index (χ1) is 13.8. The van der Waals surface area contributed by atoms with Crippen molar-refractivity contribution in [2.75, 3.05) is 5.32 Å². The summed E-state index contributed by atoms with van der Waals surface area (Å²) in [6.45, 7) is 11.3. The minimum atomic E-state index is -1.14. The van der Waals surface area contributed by atoms with Crippen LogP contribution in [0.4, 0.5) is 10.5 Å². The minimum Gasteiger partial charge on any atom is -0.465 e. The molecule has 0 fully saturated rings. The van der Waals surface area contributed by atoms with Gasteiger partial charge in [0.2, 0.25) is 5.91 Å². The Balaban J connectivity index is 2.39. The number of aromatic nitrogens is 3. The Kier molecular flexibility index (Phi) is 7.30. The normalized spacial score (nSPS) is 12.8. The van der Waals surface area contributed by atoms with E-state index >= 15 is 0 Å². The zero-order valence-electron chi connectivity index (χ0n) is 16.9. The number of hydrogen-bond acceptors (Lipinski definition) is 4. The molecule has 2 aromatic rings. The number of anilines is 1. The van der Waals surface area contributed by atoms with Gasteiger partial charge in [-0.3, -0.25) is 14.5 Å². The first-order valence-corrected chi connectivity index (χ1v) is 9.30. The lowest BCUT2D eigenvalue weighted by atomic mass is 9.95. The van der Waals surface area contributed by atoms with Crippen molar-refractivity contribution in [2.24, 2.45) is 18.9 Å².